The maximum Gasteiger partial charge on any atom is 0.387 e. The van der Waals surface area contributed by atoms with Gasteiger partial charge in [-0.1, -0.05) is 29.6 Å². The molecule has 0 heterocycles. The highest BCUT2D eigenvalue weighted by Gasteiger charge is 2.15. The summed E-state index contributed by atoms with van der Waals surface area (Å²) < 4.78 is 34.2. The van der Waals surface area contributed by atoms with Crippen LogP contribution in [-0.2, 0) is 16.1 Å². The highest BCUT2D eigenvalue weighted by Crippen LogP contribution is 2.33. The molecular weight excluding hydrogens is 530 g/mol. The molecule has 160 valence electrons. The predicted octanol–water partition coefficient (Wildman–Crippen LogP) is 4.61. The Kier molecular flexibility index (Phi) is 14.3. The third-order valence-electron chi connectivity index (χ3n) is 3.54. The molecule has 1 rings (SSSR count). The largest absolute Gasteiger partial charge is 0.469 e. The number of hydrogen-bond acceptors (Lipinski definition) is 4. The van der Waals surface area contributed by atoms with Crippen molar-refractivity contribution in [3.8, 4) is 5.75 Å². The van der Waals surface area contributed by atoms with E-state index in [0.29, 0.717) is 29.5 Å². The smallest absolute Gasteiger partial charge is 0.387 e. The van der Waals surface area contributed by atoms with Crippen LogP contribution >= 0.6 is 47.2 Å². The molecule has 1 aromatic carbocycles. The summed E-state index contributed by atoms with van der Waals surface area (Å²) in [5.74, 6) is 0.145. The van der Waals surface area contributed by atoms with Gasteiger partial charge in [-0.25, -0.2) is 0 Å². The number of nitrogens with one attached hydrogen (secondary N) is 2. The number of carbonyl (C=O) groups excluding carboxylic acids is 1. The summed E-state index contributed by atoms with van der Waals surface area (Å²) >= 11 is 11.9. The third kappa shape index (κ3) is 10.5. The number of ether oxygens (including phenoxy) is 2. The molecule has 0 saturated carbocycles. The number of unbranched alkanes of at least 4 members (excludes halogenated alkanes) is 2. The molecule has 11 heteroatoms. The molecule has 2 N–H and O–H groups in total. The lowest BCUT2D eigenvalue weighted by Crippen LogP contribution is -2.37. The second-order valence-corrected chi connectivity index (χ2v) is 6.34. The molecular formula is C17H24Cl2F2IN3O3. The van der Waals surface area contributed by atoms with Crippen LogP contribution in [0.3, 0.4) is 0 Å². The number of halogens is 5. The molecule has 0 bridgehead atoms. The molecule has 6 nitrogen and oxygen atoms in total. The fraction of sp³-hybridized carbons (Fsp3) is 0.529. The molecule has 0 spiro atoms. The van der Waals surface area contributed by atoms with E-state index >= 15 is 0 Å². The lowest BCUT2D eigenvalue weighted by Gasteiger charge is -2.16. The summed E-state index contributed by atoms with van der Waals surface area (Å²) in [5.41, 5.74) is 0.383. The molecule has 0 fully saturated rings. The minimum absolute atomic E-state index is 0. The van der Waals surface area contributed by atoms with Crippen LogP contribution in [0.1, 0.15) is 31.2 Å². The van der Waals surface area contributed by atoms with Gasteiger partial charge in [0.05, 0.1) is 12.1 Å². The van der Waals surface area contributed by atoms with Gasteiger partial charge in [0.25, 0.3) is 0 Å². The number of guanidine groups is 1. The standard InChI is InChI=1S/C17H23Cl2F2N3O3.HI/c1-22-17(23-7-5-3-4-6-14(25)26-2)24-10-11-8-12(18)9-13(19)15(11)27-16(20)21;/h8-9,16H,3-7,10H2,1-2H3,(H2,22,23,24);1H. The SMILES string of the molecule is CN=C(NCCCCCC(=O)OC)NCc1cc(Cl)cc(Cl)c1OC(F)F.I. The number of alkyl halides is 2. The Morgan fingerprint density at radius 1 is 1.21 bits per heavy atom. The van der Waals surface area contributed by atoms with Crippen molar-refractivity contribution in [1.29, 1.82) is 0 Å². The Labute approximate surface area is 190 Å². The topological polar surface area (TPSA) is 72.0 Å². The lowest BCUT2D eigenvalue weighted by atomic mass is 10.2. The van der Waals surface area contributed by atoms with Gasteiger partial charge >= 0.3 is 12.6 Å². The number of rotatable bonds is 10. The molecule has 28 heavy (non-hydrogen) atoms. The summed E-state index contributed by atoms with van der Waals surface area (Å²) in [7, 11) is 2.96. The summed E-state index contributed by atoms with van der Waals surface area (Å²) in [5, 5.41) is 6.41. The van der Waals surface area contributed by atoms with Crippen molar-refractivity contribution < 1.29 is 23.0 Å². The first-order valence-electron chi connectivity index (χ1n) is 8.31. The van der Waals surface area contributed by atoms with Gasteiger partial charge in [0.1, 0.15) is 5.75 Å². The highest BCUT2D eigenvalue weighted by atomic mass is 127. The third-order valence-corrected chi connectivity index (χ3v) is 4.04. The van der Waals surface area contributed by atoms with Crippen molar-refractivity contribution in [2.45, 2.75) is 38.8 Å². The maximum atomic E-state index is 12.6. The Hall–Kier alpha value is -1.07. The lowest BCUT2D eigenvalue weighted by molar-refractivity contribution is -0.140. The number of carbonyl (C=O) groups is 1. The fourth-order valence-corrected chi connectivity index (χ4v) is 2.83. The van der Waals surface area contributed by atoms with Crippen LogP contribution in [0.2, 0.25) is 10.0 Å². The first kappa shape index (κ1) is 26.9. The normalized spacial score (nSPS) is 11.0. The predicted molar refractivity (Wildman–Crippen MR) is 117 cm³/mol. The summed E-state index contributed by atoms with van der Waals surface area (Å²) in [4.78, 5) is 15.1. The van der Waals surface area contributed by atoms with Crippen molar-refractivity contribution in [2.75, 3.05) is 20.7 Å². The zero-order valence-corrected chi connectivity index (χ0v) is 19.4. The molecule has 0 aromatic heterocycles. The molecule has 0 unspecified atom stereocenters. The van der Waals surface area contributed by atoms with E-state index in [1.54, 1.807) is 7.05 Å². The van der Waals surface area contributed by atoms with Gasteiger partial charge in [-0.05, 0) is 25.0 Å². The van der Waals surface area contributed by atoms with Crippen molar-refractivity contribution in [1.82, 2.24) is 10.6 Å². The number of esters is 1. The second-order valence-electron chi connectivity index (χ2n) is 5.49. The molecule has 0 radical (unpaired) electrons. The van der Waals surface area contributed by atoms with E-state index in [4.69, 9.17) is 23.2 Å². The van der Waals surface area contributed by atoms with Gasteiger partial charge in [-0.3, -0.25) is 9.79 Å². The van der Waals surface area contributed by atoms with Crippen LogP contribution in [-0.4, -0.2) is 39.2 Å². The van der Waals surface area contributed by atoms with E-state index < -0.39 is 6.61 Å². The number of methoxy groups -OCH3 is 1. The summed E-state index contributed by atoms with van der Waals surface area (Å²) in [6, 6.07) is 2.84. The van der Waals surface area contributed by atoms with Crippen LogP contribution in [0.5, 0.6) is 5.75 Å². The maximum absolute atomic E-state index is 12.6. The Morgan fingerprint density at radius 3 is 2.54 bits per heavy atom. The summed E-state index contributed by atoms with van der Waals surface area (Å²) in [6.07, 6.45) is 2.83. The Balaban J connectivity index is 0.00000729. The average Bonchev–Trinajstić information content (AvgIpc) is 2.62. The van der Waals surface area contributed by atoms with Gasteiger partial charge < -0.3 is 20.1 Å². The van der Waals surface area contributed by atoms with E-state index in [0.717, 1.165) is 19.3 Å². The van der Waals surface area contributed by atoms with Crippen LogP contribution in [0.15, 0.2) is 17.1 Å². The van der Waals surface area contributed by atoms with Gasteiger partial charge in [0.15, 0.2) is 5.96 Å². The Bertz CT molecular complexity index is 652. The zero-order valence-electron chi connectivity index (χ0n) is 15.6. The summed E-state index contributed by atoms with van der Waals surface area (Å²) in [6.45, 7) is -2.22. The number of nitrogens with zero attached hydrogens (tertiary/aromatic N) is 1. The van der Waals surface area contributed by atoms with E-state index in [-0.39, 0.29) is 47.3 Å². The number of benzene rings is 1. The first-order chi connectivity index (χ1) is 12.9. The molecule has 1 aromatic rings. The minimum atomic E-state index is -3.00. The number of hydrogen-bond donors (Lipinski definition) is 2. The van der Waals surface area contributed by atoms with Crippen LogP contribution < -0.4 is 15.4 Å². The van der Waals surface area contributed by atoms with Crippen molar-refractivity contribution in [2.24, 2.45) is 4.99 Å². The van der Waals surface area contributed by atoms with Gasteiger partial charge in [0, 0.05) is 37.1 Å². The second kappa shape index (κ2) is 14.9. The van der Waals surface area contributed by atoms with Gasteiger partial charge in [-0.2, -0.15) is 8.78 Å². The van der Waals surface area contributed by atoms with Crippen LogP contribution in [0.4, 0.5) is 8.78 Å². The van der Waals surface area contributed by atoms with Gasteiger partial charge in [-0.15, -0.1) is 24.0 Å². The number of aliphatic imine (C=N–C) groups is 1. The van der Waals surface area contributed by atoms with Crippen molar-refractivity contribution in [3.63, 3.8) is 0 Å². The van der Waals surface area contributed by atoms with Crippen LogP contribution in [0, 0.1) is 0 Å². The Morgan fingerprint density at radius 2 is 1.93 bits per heavy atom. The van der Waals surface area contributed by atoms with E-state index in [1.165, 1.54) is 19.2 Å². The van der Waals surface area contributed by atoms with E-state index in [2.05, 4.69) is 25.1 Å². The quantitative estimate of drug-likeness (QED) is 0.145. The van der Waals surface area contributed by atoms with Crippen molar-refractivity contribution >= 4 is 59.1 Å². The molecule has 0 aliphatic heterocycles. The minimum Gasteiger partial charge on any atom is -0.469 e. The van der Waals surface area contributed by atoms with E-state index in [9.17, 15) is 13.6 Å². The molecule has 0 saturated heterocycles. The highest BCUT2D eigenvalue weighted by molar-refractivity contribution is 14.0. The van der Waals surface area contributed by atoms with Gasteiger partial charge in [0.2, 0.25) is 0 Å². The van der Waals surface area contributed by atoms with Crippen LogP contribution in [0.25, 0.3) is 0 Å². The van der Waals surface area contributed by atoms with Crippen molar-refractivity contribution in [3.05, 3.63) is 27.7 Å². The average molecular weight is 554 g/mol. The first-order valence-corrected chi connectivity index (χ1v) is 9.07. The zero-order chi connectivity index (χ0) is 20.2. The van der Waals surface area contributed by atoms with E-state index in [1.807, 2.05) is 0 Å². The molecule has 0 aliphatic rings. The molecule has 0 amide bonds. The monoisotopic (exact) mass is 553 g/mol. The molecule has 0 aliphatic carbocycles. The molecule has 0 atom stereocenters. The fourth-order valence-electron chi connectivity index (χ4n) is 2.25.